The van der Waals surface area contributed by atoms with Crippen molar-refractivity contribution in [2.45, 2.75) is 75.5 Å². The second-order valence-electron chi connectivity index (χ2n) is 8.56. The lowest BCUT2D eigenvalue weighted by molar-refractivity contribution is -0.208. The lowest BCUT2D eigenvalue weighted by Gasteiger charge is -2.63. The van der Waals surface area contributed by atoms with Crippen LogP contribution in [0.15, 0.2) is 0 Å². The molecule has 1 saturated carbocycles. The first-order chi connectivity index (χ1) is 12.2. The standard InChI is InChI=1S/C20H34N2O3/c1-24-18-15-22(20(18)8-12-25-13-9-20)17-6-10-21(11-7-17)19(23)14-16-4-2-3-5-16/h16-18H,2-15H2,1H3. The minimum Gasteiger partial charge on any atom is -0.381 e. The third-order valence-corrected chi connectivity index (χ3v) is 7.37. The highest BCUT2D eigenvalue weighted by molar-refractivity contribution is 5.76. The number of hydrogen-bond acceptors (Lipinski definition) is 4. The van der Waals surface area contributed by atoms with Crippen LogP contribution < -0.4 is 0 Å². The molecule has 4 rings (SSSR count). The fraction of sp³-hybridized carbons (Fsp3) is 0.950. The average Bonchev–Trinajstić information content (AvgIpc) is 3.15. The zero-order valence-corrected chi connectivity index (χ0v) is 15.8. The van der Waals surface area contributed by atoms with E-state index < -0.39 is 0 Å². The second-order valence-corrected chi connectivity index (χ2v) is 8.56. The molecular weight excluding hydrogens is 316 g/mol. The average molecular weight is 351 g/mol. The van der Waals surface area contributed by atoms with Crippen LogP contribution in [-0.4, -0.2) is 73.3 Å². The fourth-order valence-corrected chi connectivity index (χ4v) is 5.76. The van der Waals surface area contributed by atoms with Gasteiger partial charge in [0, 0.05) is 52.4 Å². The van der Waals surface area contributed by atoms with Crippen LogP contribution in [0.4, 0.5) is 0 Å². The van der Waals surface area contributed by atoms with Crippen LogP contribution in [0.25, 0.3) is 0 Å². The lowest BCUT2D eigenvalue weighted by Crippen LogP contribution is -2.75. The first-order valence-electron chi connectivity index (χ1n) is 10.4. The Labute approximate surface area is 152 Å². The van der Waals surface area contributed by atoms with E-state index in [0.717, 1.165) is 65.0 Å². The number of amides is 1. The molecule has 3 saturated heterocycles. The number of carbonyl (C=O) groups is 1. The molecule has 1 unspecified atom stereocenters. The van der Waals surface area contributed by atoms with Crippen LogP contribution in [0.1, 0.15) is 57.8 Å². The largest absolute Gasteiger partial charge is 0.381 e. The quantitative estimate of drug-likeness (QED) is 0.781. The Morgan fingerprint density at radius 2 is 1.80 bits per heavy atom. The van der Waals surface area contributed by atoms with Gasteiger partial charge in [-0.1, -0.05) is 12.8 Å². The summed E-state index contributed by atoms with van der Waals surface area (Å²) in [6.45, 7) is 4.65. The smallest absolute Gasteiger partial charge is 0.222 e. The Bertz CT molecular complexity index is 464. The van der Waals surface area contributed by atoms with Gasteiger partial charge in [-0.15, -0.1) is 0 Å². The molecule has 1 amide bonds. The molecular formula is C20H34N2O3. The van der Waals surface area contributed by atoms with Gasteiger partial charge in [0.25, 0.3) is 0 Å². The number of carbonyl (C=O) groups excluding carboxylic acids is 1. The summed E-state index contributed by atoms with van der Waals surface area (Å²) in [7, 11) is 1.85. The molecule has 25 heavy (non-hydrogen) atoms. The van der Waals surface area contributed by atoms with Crippen molar-refractivity contribution in [3.8, 4) is 0 Å². The van der Waals surface area contributed by atoms with Crippen molar-refractivity contribution in [2.24, 2.45) is 5.92 Å². The predicted molar refractivity (Wildman–Crippen MR) is 96.5 cm³/mol. The van der Waals surface area contributed by atoms with Gasteiger partial charge in [0.15, 0.2) is 0 Å². The number of nitrogens with zero attached hydrogens (tertiary/aromatic N) is 2. The van der Waals surface area contributed by atoms with Gasteiger partial charge in [-0.05, 0) is 44.4 Å². The van der Waals surface area contributed by atoms with E-state index >= 15 is 0 Å². The Hall–Kier alpha value is -0.650. The Balaban J connectivity index is 1.30. The molecule has 5 heteroatoms. The van der Waals surface area contributed by atoms with Crippen LogP contribution in [0.5, 0.6) is 0 Å². The number of piperidine rings is 1. The zero-order valence-electron chi connectivity index (χ0n) is 15.8. The number of ether oxygens (including phenoxy) is 2. The molecule has 4 fully saturated rings. The molecule has 0 aromatic heterocycles. The zero-order chi connectivity index (χ0) is 17.3. The maximum Gasteiger partial charge on any atom is 0.222 e. The van der Waals surface area contributed by atoms with Gasteiger partial charge in [-0.3, -0.25) is 9.69 Å². The Morgan fingerprint density at radius 3 is 2.44 bits per heavy atom. The van der Waals surface area contributed by atoms with E-state index in [1.54, 1.807) is 0 Å². The highest BCUT2D eigenvalue weighted by Crippen LogP contribution is 2.44. The van der Waals surface area contributed by atoms with Crippen molar-refractivity contribution in [1.82, 2.24) is 9.80 Å². The van der Waals surface area contributed by atoms with Crippen molar-refractivity contribution < 1.29 is 14.3 Å². The van der Waals surface area contributed by atoms with Gasteiger partial charge in [-0.2, -0.15) is 0 Å². The van der Waals surface area contributed by atoms with Gasteiger partial charge in [0.1, 0.15) is 0 Å². The summed E-state index contributed by atoms with van der Waals surface area (Å²) in [6, 6.07) is 0.611. The molecule has 0 aromatic carbocycles. The first-order valence-corrected chi connectivity index (χ1v) is 10.4. The molecule has 1 spiro atoms. The van der Waals surface area contributed by atoms with Gasteiger partial charge in [0.05, 0.1) is 11.6 Å². The summed E-state index contributed by atoms with van der Waals surface area (Å²) in [4.78, 5) is 17.4. The molecule has 3 aliphatic heterocycles. The summed E-state index contributed by atoms with van der Waals surface area (Å²) < 4.78 is 11.4. The van der Waals surface area contributed by atoms with E-state index in [0.29, 0.717) is 24.0 Å². The third kappa shape index (κ3) is 3.35. The van der Waals surface area contributed by atoms with Crippen LogP contribution in [0.2, 0.25) is 0 Å². The monoisotopic (exact) mass is 350 g/mol. The van der Waals surface area contributed by atoms with E-state index in [1.165, 1.54) is 25.7 Å². The molecule has 3 heterocycles. The van der Waals surface area contributed by atoms with Gasteiger partial charge < -0.3 is 14.4 Å². The number of methoxy groups -OCH3 is 1. The van der Waals surface area contributed by atoms with Crippen LogP contribution in [-0.2, 0) is 14.3 Å². The van der Waals surface area contributed by atoms with Crippen molar-refractivity contribution >= 4 is 5.91 Å². The van der Waals surface area contributed by atoms with Crippen molar-refractivity contribution in [3.05, 3.63) is 0 Å². The highest BCUT2D eigenvalue weighted by atomic mass is 16.5. The summed E-state index contributed by atoms with van der Waals surface area (Å²) in [5.74, 6) is 1.07. The maximum atomic E-state index is 12.6. The van der Waals surface area contributed by atoms with Crippen LogP contribution >= 0.6 is 0 Å². The molecule has 0 N–H and O–H groups in total. The molecule has 0 bridgehead atoms. The SMILES string of the molecule is COC1CN(C2CCN(C(=O)CC3CCCC3)CC2)C12CCOCC2. The van der Waals surface area contributed by atoms with E-state index in [9.17, 15) is 4.79 Å². The predicted octanol–water partition coefficient (Wildman–Crippen LogP) is 2.44. The number of likely N-dealkylation sites (tertiary alicyclic amines) is 2. The molecule has 4 aliphatic rings. The number of hydrogen-bond donors (Lipinski definition) is 0. The maximum absolute atomic E-state index is 12.6. The van der Waals surface area contributed by atoms with Gasteiger partial charge in [0.2, 0.25) is 5.91 Å². The summed E-state index contributed by atoms with van der Waals surface area (Å²) in [5, 5.41) is 0. The van der Waals surface area contributed by atoms with E-state index in [1.807, 2.05) is 7.11 Å². The van der Waals surface area contributed by atoms with Crippen molar-refractivity contribution in [1.29, 1.82) is 0 Å². The Morgan fingerprint density at radius 1 is 1.12 bits per heavy atom. The van der Waals surface area contributed by atoms with Crippen LogP contribution in [0.3, 0.4) is 0 Å². The van der Waals surface area contributed by atoms with Crippen molar-refractivity contribution in [3.63, 3.8) is 0 Å². The first kappa shape index (κ1) is 17.7. The topological polar surface area (TPSA) is 42.0 Å². The summed E-state index contributed by atoms with van der Waals surface area (Å²) in [6.07, 6.45) is 10.7. The fourth-order valence-electron chi connectivity index (χ4n) is 5.76. The Kier molecular flexibility index (Phi) is 5.35. The van der Waals surface area contributed by atoms with Gasteiger partial charge >= 0.3 is 0 Å². The lowest BCUT2D eigenvalue weighted by atomic mass is 9.73. The summed E-state index contributed by atoms with van der Waals surface area (Å²) in [5.41, 5.74) is 0.202. The van der Waals surface area contributed by atoms with Gasteiger partial charge in [-0.25, -0.2) is 0 Å². The van der Waals surface area contributed by atoms with E-state index in [2.05, 4.69) is 9.80 Å². The normalized spacial score (nSPS) is 31.4. The minimum absolute atomic E-state index is 0.202. The van der Waals surface area contributed by atoms with E-state index in [4.69, 9.17) is 9.47 Å². The third-order valence-electron chi connectivity index (χ3n) is 7.37. The second kappa shape index (κ2) is 7.53. The molecule has 142 valence electrons. The molecule has 0 radical (unpaired) electrons. The van der Waals surface area contributed by atoms with Crippen LogP contribution in [0, 0.1) is 5.92 Å². The minimum atomic E-state index is 0.202. The number of rotatable bonds is 4. The van der Waals surface area contributed by atoms with E-state index in [-0.39, 0.29) is 5.54 Å². The van der Waals surface area contributed by atoms with Crippen molar-refractivity contribution in [2.75, 3.05) is 40.0 Å². The summed E-state index contributed by atoms with van der Waals surface area (Å²) >= 11 is 0. The molecule has 1 aliphatic carbocycles. The highest BCUT2D eigenvalue weighted by Gasteiger charge is 2.56. The molecule has 5 nitrogen and oxygen atoms in total. The molecule has 0 aromatic rings. The molecule has 1 atom stereocenters.